The van der Waals surface area contributed by atoms with E-state index in [1.54, 1.807) is 59.6 Å². The van der Waals surface area contributed by atoms with E-state index in [-0.39, 0.29) is 29.6 Å². The highest BCUT2D eigenvalue weighted by atomic mass is 32.2. The van der Waals surface area contributed by atoms with Crippen LogP contribution in [0.25, 0.3) is 10.9 Å². The Bertz CT molecular complexity index is 1830. The summed E-state index contributed by atoms with van der Waals surface area (Å²) in [5.74, 6) is -0.717. The summed E-state index contributed by atoms with van der Waals surface area (Å²) in [6, 6.07) is 17.3. The van der Waals surface area contributed by atoms with Crippen LogP contribution in [0.3, 0.4) is 0 Å². The number of aromatic nitrogens is 2. The highest BCUT2D eigenvalue weighted by Gasteiger charge is 2.35. The van der Waals surface area contributed by atoms with Gasteiger partial charge >= 0.3 is 0 Å². The van der Waals surface area contributed by atoms with Crippen molar-refractivity contribution in [1.29, 1.82) is 0 Å². The lowest BCUT2D eigenvalue weighted by Crippen LogP contribution is -2.49. The first-order valence-electron chi connectivity index (χ1n) is 14.4. The molecule has 228 valence electrons. The van der Waals surface area contributed by atoms with Crippen molar-refractivity contribution < 1.29 is 22.8 Å². The van der Waals surface area contributed by atoms with Crippen LogP contribution in [0.2, 0.25) is 0 Å². The smallest absolute Gasteiger partial charge is 0.270 e. The molecule has 1 fully saturated rings. The number of fused-ring (bicyclic) bond motifs is 2. The average molecular weight is 616 g/mol. The summed E-state index contributed by atoms with van der Waals surface area (Å²) in [4.78, 5) is 51.2. The Balaban J connectivity index is 1.08. The van der Waals surface area contributed by atoms with Crippen molar-refractivity contribution in [2.75, 3.05) is 53.4 Å². The number of benzene rings is 2. The number of aromatic amines is 1. The normalized spacial score (nSPS) is 15.3. The van der Waals surface area contributed by atoms with Gasteiger partial charge in [-0.15, -0.1) is 0 Å². The number of anilines is 3. The Labute approximate surface area is 255 Å². The molecule has 2 aliphatic heterocycles. The first-order chi connectivity index (χ1) is 21.1. The molecule has 0 atom stereocenters. The molecule has 12 nitrogen and oxygen atoms in total. The largest absolute Gasteiger partial charge is 0.380 e. The Kier molecular flexibility index (Phi) is 7.72. The molecular weight excluding hydrogens is 582 g/mol. The molecule has 0 radical (unpaired) electrons. The predicted octanol–water partition coefficient (Wildman–Crippen LogP) is 3.38. The number of piperazine rings is 1. The minimum Gasteiger partial charge on any atom is -0.380 e. The molecule has 3 amide bonds. The van der Waals surface area contributed by atoms with Gasteiger partial charge < -0.3 is 20.1 Å². The molecular formula is C31H33N7O5S. The Morgan fingerprint density at radius 1 is 0.955 bits per heavy atom. The molecule has 0 unspecified atom stereocenters. The lowest BCUT2D eigenvalue weighted by Gasteiger charge is -2.36. The molecule has 3 N–H and O–H groups in total. The van der Waals surface area contributed by atoms with Crippen molar-refractivity contribution in [1.82, 2.24) is 19.8 Å². The number of sulfonamides is 1. The molecule has 2 aliphatic rings. The van der Waals surface area contributed by atoms with E-state index in [0.29, 0.717) is 48.5 Å². The lowest BCUT2D eigenvalue weighted by molar-refractivity contribution is 0.0662. The van der Waals surface area contributed by atoms with Gasteiger partial charge in [0.25, 0.3) is 17.7 Å². The Morgan fingerprint density at radius 3 is 2.34 bits per heavy atom. The Hall–Kier alpha value is -4.91. The molecule has 2 aromatic carbocycles. The predicted molar refractivity (Wildman–Crippen MR) is 169 cm³/mol. The van der Waals surface area contributed by atoms with E-state index in [0.717, 1.165) is 16.4 Å². The summed E-state index contributed by atoms with van der Waals surface area (Å²) in [5.41, 5.74) is 2.93. The molecule has 4 heterocycles. The van der Waals surface area contributed by atoms with Gasteiger partial charge in [-0.3, -0.25) is 24.0 Å². The van der Waals surface area contributed by atoms with Crippen LogP contribution >= 0.6 is 0 Å². The van der Waals surface area contributed by atoms with E-state index in [1.165, 1.54) is 0 Å². The maximum absolute atomic E-state index is 13.4. The number of hydrogen-bond donors (Lipinski definition) is 3. The number of carbonyl (C=O) groups is 3. The average Bonchev–Trinajstić information content (AvgIpc) is 3.54. The van der Waals surface area contributed by atoms with Crippen LogP contribution in [0.15, 0.2) is 66.9 Å². The molecule has 2 aromatic heterocycles. The number of imide groups is 1. The van der Waals surface area contributed by atoms with E-state index in [1.807, 2.05) is 12.1 Å². The van der Waals surface area contributed by atoms with Gasteiger partial charge in [-0.05, 0) is 62.4 Å². The van der Waals surface area contributed by atoms with Crippen LogP contribution in [-0.4, -0.2) is 90.4 Å². The van der Waals surface area contributed by atoms with E-state index >= 15 is 0 Å². The second-order valence-corrected chi connectivity index (χ2v) is 13.0. The Morgan fingerprint density at radius 2 is 1.66 bits per heavy atom. The van der Waals surface area contributed by atoms with Gasteiger partial charge in [0.1, 0.15) is 5.69 Å². The topological polar surface area (TPSA) is 148 Å². The monoisotopic (exact) mass is 615 g/mol. The van der Waals surface area contributed by atoms with Gasteiger partial charge in [0.2, 0.25) is 10.0 Å². The second kappa shape index (κ2) is 11.6. The van der Waals surface area contributed by atoms with Crippen LogP contribution in [0.4, 0.5) is 17.2 Å². The fraction of sp³-hybridized carbons (Fsp3) is 0.290. The summed E-state index contributed by atoms with van der Waals surface area (Å²) in [6.45, 7) is 6.23. The van der Waals surface area contributed by atoms with Crippen molar-refractivity contribution >= 4 is 55.8 Å². The fourth-order valence-electron chi connectivity index (χ4n) is 5.56. The molecule has 1 saturated heterocycles. The maximum atomic E-state index is 13.4. The number of pyridine rings is 1. The number of nitrogens with one attached hydrogen (secondary N) is 3. The quantitative estimate of drug-likeness (QED) is 0.243. The summed E-state index contributed by atoms with van der Waals surface area (Å²) in [6.07, 6.45) is 1.77. The zero-order valence-corrected chi connectivity index (χ0v) is 25.2. The van der Waals surface area contributed by atoms with Crippen molar-refractivity contribution in [3.05, 3.63) is 83.7 Å². The van der Waals surface area contributed by atoms with Gasteiger partial charge in [0.15, 0.2) is 5.82 Å². The highest BCUT2D eigenvalue weighted by molar-refractivity contribution is 7.92. The van der Waals surface area contributed by atoms with Crippen LogP contribution in [0.1, 0.15) is 45.1 Å². The first kappa shape index (κ1) is 29.2. The van der Waals surface area contributed by atoms with Crippen LogP contribution in [0.5, 0.6) is 0 Å². The maximum Gasteiger partial charge on any atom is 0.270 e. The van der Waals surface area contributed by atoms with E-state index < -0.39 is 27.6 Å². The van der Waals surface area contributed by atoms with Gasteiger partial charge in [0, 0.05) is 61.6 Å². The zero-order chi connectivity index (χ0) is 31.0. The van der Waals surface area contributed by atoms with Crippen LogP contribution in [-0.2, 0) is 10.0 Å². The van der Waals surface area contributed by atoms with Crippen molar-refractivity contribution in [3.63, 3.8) is 0 Å². The van der Waals surface area contributed by atoms with Crippen LogP contribution < -0.4 is 14.9 Å². The summed E-state index contributed by atoms with van der Waals surface area (Å²) in [5, 5.41) is 4.10. The van der Waals surface area contributed by atoms with Gasteiger partial charge in [-0.1, -0.05) is 12.1 Å². The fourth-order valence-corrected chi connectivity index (χ4v) is 6.57. The summed E-state index contributed by atoms with van der Waals surface area (Å²) >= 11 is 0. The van der Waals surface area contributed by atoms with Crippen molar-refractivity contribution in [3.8, 4) is 0 Å². The molecule has 4 aromatic rings. The minimum atomic E-state index is -3.89. The van der Waals surface area contributed by atoms with Crippen molar-refractivity contribution in [2.24, 2.45) is 0 Å². The number of carbonyl (C=O) groups excluding carboxylic acids is 3. The molecule has 0 saturated carbocycles. The third kappa shape index (κ3) is 5.82. The van der Waals surface area contributed by atoms with E-state index in [4.69, 9.17) is 0 Å². The molecule has 0 bridgehead atoms. The van der Waals surface area contributed by atoms with Gasteiger partial charge in [-0.2, -0.15) is 0 Å². The molecule has 0 aliphatic carbocycles. The SMILES string of the molecule is CC(C)Nc1cccnc1N1CCN(C(=O)c2cc3cc(NS(=O)(=O)CCN4C(=O)c5ccccc5C4=O)ccc3[nH]2)CC1. The number of amides is 3. The second-order valence-electron chi connectivity index (χ2n) is 11.2. The third-order valence-electron chi connectivity index (χ3n) is 7.68. The first-order valence-corrected chi connectivity index (χ1v) is 16.1. The lowest BCUT2D eigenvalue weighted by atomic mass is 10.1. The molecule has 6 rings (SSSR count). The van der Waals surface area contributed by atoms with Crippen molar-refractivity contribution in [2.45, 2.75) is 19.9 Å². The standard InChI is InChI=1S/C31H33N7O5S/c1-20(2)33-26-8-5-11-32-28(26)36-12-14-37(15-13-36)31(41)27-19-21-18-22(9-10-25(21)34-27)35-44(42,43)17-16-38-29(39)23-6-3-4-7-24(23)30(38)40/h3-11,18-20,33-35H,12-17H2,1-2H3. The number of hydrogen-bond acceptors (Lipinski definition) is 8. The molecule has 0 spiro atoms. The third-order valence-corrected chi connectivity index (χ3v) is 8.95. The van der Waals surface area contributed by atoms with E-state index in [9.17, 15) is 22.8 Å². The highest BCUT2D eigenvalue weighted by Crippen LogP contribution is 2.27. The number of nitrogens with zero attached hydrogens (tertiary/aromatic N) is 4. The van der Waals surface area contributed by atoms with E-state index in [2.05, 4.69) is 38.8 Å². The molecule has 13 heteroatoms. The number of H-pyrrole nitrogens is 1. The summed E-state index contributed by atoms with van der Waals surface area (Å²) in [7, 11) is -3.89. The molecule has 44 heavy (non-hydrogen) atoms. The number of rotatable bonds is 9. The zero-order valence-electron chi connectivity index (χ0n) is 24.4. The van der Waals surface area contributed by atoms with Gasteiger partial charge in [0.05, 0.1) is 22.6 Å². The minimum absolute atomic E-state index is 0.134. The van der Waals surface area contributed by atoms with Gasteiger partial charge in [-0.25, -0.2) is 13.4 Å². The van der Waals surface area contributed by atoms with Crippen LogP contribution in [0, 0.1) is 0 Å². The summed E-state index contributed by atoms with van der Waals surface area (Å²) < 4.78 is 28.2.